The molecule has 0 saturated carbocycles. The van der Waals surface area contributed by atoms with Crippen molar-refractivity contribution < 1.29 is 12.8 Å². The van der Waals surface area contributed by atoms with Crippen molar-refractivity contribution in [2.24, 2.45) is 0 Å². The summed E-state index contributed by atoms with van der Waals surface area (Å²) in [5, 5.41) is -0.181. The summed E-state index contributed by atoms with van der Waals surface area (Å²) in [7, 11) is -3.90. The molecule has 0 bridgehead atoms. The predicted molar refractivity (Wildman–Crippen MR) is 77.8 cm³/mol. The Labute approximate surface area is 121 Å². The smallest absolute Gasteiger partial charge is 0.263 e. The average molecular weight is 315 g/mol. The molecule has 0 amide bonds. The Bertz CT molecular complexity index is 763. The summed E-state index contributed by atoms with van der Waals surface area (Å²) in [4.78, 5) is -0.192. The van der Waals surface area contributed by atoms with Gasteiger partial charge in [0.05, 0.1) is 10.7 Å². The number of nitrogens with one attached hydrogen (secondary N) is 1. The first-order valence-electron chi connectivity index (χ1n) is 5.63. The van der Waals surface area contributed by atoms with Gasteiger partial charge in [-0.25, -0.2) is 12.8 Å². The Morgan fingerprint density at radius 1 is 1.20 bits per heavy atom. The van der Waals surface area contributed by atoms with Gasteiger partial charge in [0.25, 0.3) is 10.0 Å². The lowest BCUT2D eigenvalue weighted by atomic mass is 10.2. The van der Waals surface area contributed by atoms with Gasteiger partial charge in [-0.3, -0.25) is 4.72 Å². The molecule has 2 aromatic rings. The second kappa shape index (κ2) is 5.30. The lowest BCUT2D eigenvalue weighted by Gasteiger charge is -2.12. The molecule has 0 aliphatic heterocycles. The Morgan fingerprint density at radius 2 is 1.90 bits per heavy atom. The van der Waals surface area contributed by atoms with E-state index < -0.39 is 15.8 Å². The summed E-state index contributed by atoms with van der Waals surface area (Å²) in [5.74, 6) is -0.603. The quantitative estimate of drug-likeness (QED) is 0.855. The minimum Gasteiger partial charge on any atom is -0.399 e. The summed E-state index contributed by atoms with van der Waals surface area (Å²) >= 11 is 5.77. The zero-order chi connectivity index (χ0) is 14.9. The van der Waals surface area contributed by atoms with E-state index in [0.29, 0.717) is 16.9 Å². The van der Waals surface area contributed by atoms with Gasteiger partial charge in [-0.1, -0.05) is 17.7 Å². The van der Waals surface area contributed by atoms with E-state index in [-0.39, 0.29) is 9.92 Å². The fourth-order valence-electron chi connectivity index (χ4n) is 1.64. The minimum absolute atomic E-state index is 0.181. The number of nitrogens with two attached hydrogens (primary N) is 1. The molecule has 0 aliphatic carbocycles. The summed E-state index contributed by atoms with van der Waals surface area (Å²) < 4.78 is 39.8. The molecular weight excluding hydrogens is 303 g/mol. The third-order valence-electron chi connectivity index (χ3n) is 2.69. The highest BCUT2D eigenvalue weighted by atomic mass is 35.5. The fourth-order valence-corrected chi connectivity index (χ4v) is 3.30. The van der Waals surface area contributed by atoms with Crippen LogP contribution in [-0.2, 0) is 10.0 Å². The van der Waals surface area contributed by atoms with Crippen molar-refractivity contribution in [1.29, 1.82) is 0 Å². The van der Waals surface area contributed by atoms with E-state index in [1.807, 2.05) is 0 Å². The second-order valence-electron chi connectivity index (χ2n) is 4.25. The van der Waals surface area contributed by atoms with E-state index in [9.17, 15) is 12.8 Å². The summed E-state index contributed by atoms with van der Waals surface area (Å²) in [6, 6.07) is 7.96. The standard InChI is InChI=1S/C13H12ClFN2O2S/c1-8-2-4-10(16)7-12(8)17-20(18,19)13-5-3-9(15)6-11(13)14/h2-7,17H,16H2,1H3. The molecule has 0 unspecified atom stereocenters. The second-order valence-corrected chi connectivity index (χ2v) is 6.31. The highest BCUT2D eigenvalue weighted by molar-refractivity contribution is 7.92. The Hall–Kier alpha value is -1.79. The number of anilines is 2. The van der Waals surface area contributed by atoms with Gasteiger partial charge >= 0.3 is 0 Å². The lowest BCUT2D eigenvalue weighted by molar-refractivity contribution is 0.599. The topological polar surface area (TPSA) is 72.2 Å². The van der Waals surface area contributed by atoms with Crippen molar-refractivity contribution in [3.63, 3.8) is 0 Å². The van der Waals surface area contributed by atoms with E-state index in [1.165, 1.54) is 6.07 Å². The van der Waals surface area contributed by atoms with Crippen LogP contribution in [0.3, 0.4) is 0 Å². The molecule has 20 heavy (non-hydrogen) atoms. The number of sulfonamides is 1. The predicted octanol–water partition coefficient (Wildman–Crippen LogP) is 3.17. The van der Waals surface area contributed by atoms with Gasteiger partial charge in [0.1, 0.15) is 10.7 Å². The zero-order valence-electron chi connectivity index (χ0n) is 10.5. The molecule has 106 valence electrons. The SMILES string of the molecule is Cc1ccc(N)cc1NS(=O)(=O)c1ccc(F)cc1Cl. The molecular formula is C13H12ClFN2O2S. The van der Waals surface area contributed by atoms with Crippen LogP contribution >= 0.6 is 11.6 Å². The number of nitrogen functional groups attached to an aromatic ring is 1. The third-order valence-corrected chi connectivity index (χ3v) is 4.54. The summed E-state index contributed by atoms with van der Waals surface area (Å²) in [6.45, 7) is 1.74. The molecule has 0 heterocycles. The van der Waals surface area contributed by atoms with Gasteiger partial charge in [0, 0.05) is 5.69 Å². The zero-order valence-corrected chi connectivity index (χ0v) is 12.1. The van der Waals surface area contributed by atoms with Crippen molar-refractivity contribution in [2.45, 2.75) is 11.8 Å². The van der Waals surface area contributed by atoms with Crippen LogP contribution in [0.2, 0.25) is 5.02 Å². The monoisotopic (exact) mass is 314 g/mol. The van der Waals surface area contributed by atoms with Crippen LogP contribution in [0.1, 0.15) is 5.56 Å². The number of rotatable bonds is 3. The molecule has 4 nitrogen and oxygen atoms in total. The number of aryl methyl sites for hydroxylation is 1. The van der Waals surface area contributed by atoms with Gasteiger partial charge in [-0.15, -0.1) is 0 Å². The van der Waals surface area contributed by atoms with Crippen molar-refractivity contribution in [3.8, 4) is 0 Å². The maximum atomic E-state index is 13.0. The molecule has 0 aromatic heterocycles. The minimum atomic E-state index is -3.90. The van der Waals surface area contributed by atoms with Crippen LogP contribution in [0.5, 0.6) is 0 Å². The van der Waals surface area contributed by atoms with Crippen molar-refractivity contribution >= 4 is 33.0 Å². The van der Waals surface area contributed by atoms with E-state index in [0.717, 1.165) is 18.2 Å². The van der Waals surface area contributed by atoms with E-state index >= 15 is 0 Å². The van der Waals surface area contributed by atoms with Gasteiger partial charge in [-0.05, 0) is 42.8 Å². The summed E-state index contributed by atoms with van der Waals surface area (Å²) in [6.07, 6.45) is 0. The van der Waals surface area contributed by atoms with Gasteiger partial charge in [-0.2, -0.15) is 0 Å². The molecule has 7 heteroatoms. The number of hydrogen-bond acceptors (Lipinski definition) is 3. The highest BCUT2D eigenvalue weighted by Gasteiger charge is 2.19. The molecule has 0 radical (unpaired) electrons. The van der Waals surface area contributed by atoms with E-state index in [4.69, 9.17) is 17.3 Å². The average Bonchev–Trinajstić information content (AvgIpc) is 2.33. The van der Waals surface area contributed by atoms with Crippen LogP contribution in [0.25, 0.3) is 0 Å². The van der Waals surface area contributed by atoms with Crippen LogP contribution < -0.4 is 10.5 Å². The van der Waals surface area contributed by atoms with Crippen LogP contribution in [0, 0.1) is 12.7 Å². The molecule has 3 N–H and O–H groups in total. The normalized spacial score (nSPS) is 11.3. The first-order chi connectivity index (χ1) is 9.29. The third kappa shape index (κ3) is 3.02. The molecule has 0 saturated heterocycles. The van der Waals surface area contributed by atoms with Gasteiger partial charge in [0.2, 0.25) is 0 Å². The number of halogens is 2. The van der Waals surface area contributed by atoms with Crippen molar-refractivity contribution in [2.75, 3.05) is 10.5 Å². The first kappa shape index (κ1) is 14.6. The number of benzene rings is 2. The van der Waals surface area contributed by atoms with Crippen molar-refractivity contribution in [1.82, 2.24) is 0 Å². The molecule has 2 aromatic carbocycles. The maximum Gasteiger partial charge on any atom is 0.263 e. The Kier molecular flexibility index (Phi) is 3.87. The number of hydrogen-bond donors (Lipinski definition) is 2. The Balaban J connectivity index is 2.43. The largest absolute Gasteiger partial charge is 0.399 e. The van der Waals surface area contributed by atoms with E-state index in [1.54, 1.807) is 19.1 Å². The Morgan fingerprint density at radius 3 is 2.55 bits per heavy atom. The molecule has 2 rings (SSSR count). The first-order valence-corrected chi connectivity index (χ1v) is 7.50. The van der Waals surface area contributed by atoms with Gasteiger partial charge < -0.3 is 5.73 Å². The van der Waals surface area contributed by atoms with Crippen molar-refractivity contribution in [3.05, 3.63) is 52.8 Å². The lowest BCUT2D eigenvalue weighted by Crippen LogP contribution is -2.14. The molecule has 0 fully saturated rings. The van der Waals surface area contributed by atoms with Gasteiger partial charge in [0.15, 0.2) is 0 Å². The van der Waals surface area contributed by atoms with Crippen LogP contribution in [0.4, 0.5) is 15.8 Å². The fraction of sp³-hybridized carbons (Fsp3) is 0.0769. The van der Waals surface area contributed by atoms with Crippen LogP contribution in [-0.4, -0.2) is 8.42 Å². The van der Waals surface area contributed by atoms with Crippen LogP contribution in [0.15, 0.2) is 41.3 Å². The maximum absolute atomic E-state index is 13.0. The molecule has 0 atom stereocenters. The molecule has 0 aliphatic rings. The highest BCUT2D eigenvalue weighted by Crippen LogP contribution is 2.26. The summed E-state index contributed by atoms with van der Waals surface area (Å²) in [5.41, 5.74) is 7.11. The molecule has 0 spiro atoms. The van der Waals surface area contributed by atoms with E-state index in [2.05, 4.69) is 4.72 Å².